The van der Waals surface area contributed by atoms with Gasteiger partial charge in [-0.3, -0.25) is 4.79 Å². The summed E-state index contributed by atoms with van der Waals surface area (Å²) in [4.78, 5) is 14.3. The molecule has 0 radical (unpaired) electrons. The predicted molar refractivity (Wildman–Crippen MR) is 93.0 cm³/mol. The fraction of sp³-hybridized carbons (Fsp3) is 0.500. The highest BCUT2D eigenvalue weighted by Gasteiger charge is 2.38. The van der Waals surface area contributed by atoms with Crippen molar-refractivity contribution < 1.29 is 14.3 Å². The molecule has 116 valence electrons. The maximum Gasteiger partial charge on any atom is 0.232 e. The number of halogens is 1. The van der Waals surface area contributed by atoms with E-state index in [0.717, 1.165) is 16.6 Å². The van der Waals surface area contributed by atoms with Gasteiger partial charge in [-0.1, -0.05) is 15.9 Å². The molecule has 4 nitrogen and oxygen atoms in total. The SMILES string of the molecule is O=C1CC(OCS)(OCS)CCCN1c1ccc(Br)cc1. The van der Waals surface area contributed by atoms with Crippen LogP contribution in [0, 0.1) is 0 Å². The third kappa shape index (κ3) is 4.39. The first-order chi connectivity index (χ1) is 10.1. The van der Waals surface area contributed by atoms with E-state index in [-0.39, 0.29) is 24.2 Å². The lowest BCUT2D eigenvalue weighted by Crippen LogP contribution is -2.39. The topological polar surface area (TPSA) is 38.8 Å². The van der Waals surface area contributed by atoms with Crippen molar-refractivity contribution in [3.63, 3.8) is 0 Å². The van der Waals surface area contributed by atoms with Crippen LogP contribution in [-0.4, -0.2) is 30.1 Å². The van der Waals surface area contributed by atoms with Gasteiger partial charge in [0.25, 0.3) is 0 Å². The Kier molecular flexibility index (Phi) is 6.43. The molecule has 0 aromatic heterocycles. The van der Waals surface area contributed by atoms with Crippen LogP contribution >= 0.6 is 41.2 Å². The van der Waals surface area contributed by atoms with Crippen molar-refractivity contribution in [2.45, 2.75) is 25.0 Å². The van der Waals surface area contributed by atoms with Crippen molar-refractivity contribution in [2.75, 3.05) is 23.3 Å². The molecule has 0 aliphatic carbocycles. The molecule has 7 heteroatoms. The van der Waals surface area contributed by atoms with Gasteiger partial charge in [0.1, 0.15) is 0 Å². The number of hydrogen-bond acceptors (Lipinski definition) is 5. The van der Waals surface area contributed by atoms with E-state index in [2.05, 4.69) is 41.2 Å². The van der Waals surface area contributed by atoms with E-state index in [9.17, 15) is 4.79 Å². The molecule has 1 amide bonds. The summed E-state index contributed by atoms with van der Waals surface area (Å²) >= 11 is 11.6. The fourth-order valence-electron chi connectivity index (χ4n) is 2.46. The molecule has 0 spiro atoms. The maximum absolute atomic E-state index is 12.6. The zero-order chi connectivity index (χ0) is 15.3. The Bertz CT molecular complexity index is 478. The lowest BCUT2D eigenvalue weighted by atomic mass is 10.1. The van der Waals surface area contributed by atoms with Crippen molar-refractivity contribution in [2.24, 2.45) is 0 Å². The van der Waals surface area contributed by atoms with Gasteiger partial charge in [0.2, 0.25) is 5.91 Å². The van der Waals surface area contributed by atoms with Crippen LogP contribution < -0.4 is 4.90 Å². The van der Waals surface area contributed by atoms with E-state index < -0.39 is 5.79 Å². The van der Waals surface area contributed by atoms with E-state index in [1.807, 2.05) is 24.3 Å². The van der Waals surface area contributed by atoms with Crippen molar-refractivity contribution in [3.05, 3.63) is 28.7 Å². The number of thiol groups is 2. The van der Waals surface area contributed by atoms with Gasteiger partial charge in [0.05, 0.1) is 18.3 Å². The van der Waals surface area contributed by atoms with E-state index in [1.54, 1.807) is 4.90 Å². The molecule has 1 fully saturated rings. The molecule has 1 heterocycles. The van der Waals surface area contributed by atoms with Crippen LogP contribution in [0.3, 0.4) is 0 Å². The number of nitrogens with zero attached hydrogens (tertiary/aromatic N) is 1. The molecule has 2 rings (SSSR count). The monoisotopic (exact) mass is 391 g/mol. The molecular formula is C14H18BrNO3S2. The number of carbonyl (C=O) groups excluding carboxylic acids is 1. The van der Waals surface area contributed by atoms with Gasteiger partial charge >= 0.3 is 0 Å². The average Bonchev–Trinajstić information content (AvgIpc) is 2.60. The molecule has 0 N–H and O–H groups in total. The summed E-state index contributed by atoms with van der Waals surface area (Å²) in [5.74, 6) is -0.512. The van der Waals surface area contributed by atoms with Crippen molar-refractivity contribution in [3.8, 4) is 0 Å². The number of benzene rings is 1. The van der Waals surface area contributed by atoms with Gasteiger partial charge in [-0.2, -0.15) is 25.3 Å². The minimum atomic E-state index is -0.912. The van der Waals surface area contributed by atoms with Crippen LogP contribution in [0.5, 0.6) is 0 Å². The Morgan fingerprint density at radius 1 is 1.19 bits per heavy atom. The van der Waals surface area contributed by atoms with Crippen molar-refractivity contribution in [1.82, 2.24) is 0 Å². The van der Waals surface area contributed by atoms with E-state index in [0.29, 0.717) is 13.0 Å². The fourth-order valence-corrected chi connectivity index (χ4v) is 3.20. The van der Waals surface area contributed by atoms with Crippen LogP contribution in [0.25, 0.3) is 0 Å². The largest absolute Gasteiger partial charge is 0.339 e. The third-order valence-electron chi connectivity index (χ3n) is 3.45. The standard InChI is InChI=1S/C14H18BrNO3S2/c15-11-2-4-12(5-3-11)16-7-1-6-14(18-9-20,19-10-21)8-13(16)17/h2-5,20-21H,1,6-10H2. The van der Waals surface area contributed by atoms with Crippen molar-refractivity contribution >= 4 is 52.8 Å². The normalized spacial score (nSPS) is 18.6. The van der Waals surface area contributed by atoms with E-state index >= 15 is 0 Å². The predicted octanol–water partition coefficient (Wildman–Crippen LogP) is 3.47. The maximum atomic E-state index is 12.6. The Morgan fingerprint density at radius 3 is 2.38 bits per heavy atom. The second-order valence-corrected chi connectivity index (χ2v) is 6.19. The summed E-state index contributed by atoms with van der Waals surface area (Å²) in [6.07, 6.45) is 1.61. The molecule has 21 heavy (non-hydrogen) atoms. The lowest BCUT2D eigenvalue weighted by molar-refractivity contribution is -0.219. The van der Waals surface area contributed by atoms with Gasteiger partial charge in [0.15, 0.2) is 5.79 Å². The minimum Gasteiger partial charge on any atom is -0.339 e. The summed E-state index contributed by atoms with van der Waals surface area (Å²) < 4.78 is 12.2. The Morgan fingerprint density at radius 2 is 1.81 bits per heavy atom. The molecule has 1 aliphatic heterocycles. The number of amides is 1. The first kappa shape index (κ1) is 17.1. The van der Waals surface area contributed by atoms with Gasteiger partial charge in [-0.05, 0) is 30.7 Å². The third-order valence-corrected chi connectivity index (χ3v) is 4.24. The van der Waals surface area contributed by atoms with Gasteiger partial charge in [0, 0.05) is 23.1 Å². The second-order valence-electron chi connectivity index (χ2n) is 4.76. The van der Waals surface area contributed by atoms with Gasteiger partial charge < -0.3 is 14.4 Å². The van der Waals surface area contributed by atoms with Crippen LogP contribution in [0.4, 0.5) is 5.69 Å². The highest BCUT2D eigenvalue weighted by Crippen LogP contribution is 2.31. The molecule has 1 aliphatic rings. The summed E-state index contributed by atoms with van der Waals surface area (Å²) in [7, 11) is 0. The second kappa shape index (κ2) is 7.87. The summed E-state index contributed by atoms with van der Waals surface area (Å²) in [5.41, 5.74) is 0.885. The van der Waals surface area contributed by atoms with E-state index in [4.69, 9.17) is 9.47 Å². The summed E-state index contributed by atoms with van der Waals surface area (Å²) in [6, 6.07) is 7.70. The zero-order valence-corrected chi connectivity index (χ0v) is 14.9. The first-order valence-electron chi connectivity index (χ1n) is 6.66. The van der Waals surface area contributed by atoms with Crippen LogP contribution in [0.2, 0.25) is 0 Å². The van der Waals surface area contributed by atoms with Crippen LogP contribution in [0.15, 0.2) is 28.7 Å². The highest BCUT2D eigenvalue weighted by atomic mass is 79.9. The molecule has 0 atom stereocenters. The number of rotatable bonds is 5. The van der Waals surface area contributed by atoms with Crippen LogP contribution in [0.1, 0.15) is 19.3 Å². The summed E-state index contributed by atoms with van der Waals surface area (Å²) in [6.45, 7) is 0.647. The molecule has 0 bridgehead atoms. The number of ether oxygens (including phenoxy) is 2. The Balaban J connectivity index is 2.18. The van der Waals surface area contributed by atoms with Crippen LogP contribution in [-0.2, 0) is 14.3 Å². The lowest BCUT2D eigenvalue weighted by Gasteiger charge is -2.31. The van der Waals surface area contributed by atoms with Crippen molar-refractivity contribution in [1.29, 1.82) is 0 Å². The molecule has 1 aromatic rings. The Hall–Kier alpha value is -0.210. The van der Waals surface area contributed by atoms with E-state index in [1.165, 1.54) is 0 Å². The number of carbonyl (C=O) groups is 1. The average molecular weight is 392 g/mol. The first-order valence-corrected chi connectivity index (χ1v) is 8.71. The molecule has 0 saturated carbocycles. The highest BCUT2D eigenvalue weighted by molar-refractivity contribution is 9.10. The number of hydrogen-bond donors (Lipinski definition) is 2. The van der Waals surface area contributed by atoms with Gasteiger partial charge in [-0.15, -0.1) is 0 Å². The molecule has 0 unspecified atom stereocenters. The number of anilines is 1. The smallest absolute Gasteiger partial charge is 0.232 e. The molecule has 1 saturated heterocycles. The quantitative estimate of drug-likeness (QED) is 0.596. The summed E-state index contributed by atoms with van der Waals surface area (Å²) in [5, 5.41) is 0. The Labute approximate surface area is 144 Å². The zero-order valence-electron chi connectivity index (χ0n) is 11.5. The molecule has 1 aromatic carbocycles. The molecular weight excluding hydrogens is 374 g/mol. The minimum absolute atomic E-state index is 0.0154. The van der Waals surface area contributed by atoms with Gasteiger partial charge in [-0.25, -0.2) is 0 Å².